The molecule has 2 heterocycles. The smallest absolute Gasteiger partial charge is 0.255 e. The van der Waals surface area contributed by atoms with Crippen LogP contribution in [-0.2, 0) is 16.1 Å². The summed E-state index contributed by atoms with van der Waals surface area (Å²) >= 11 is 0. The molecule has 0 atom stereocenters. The van der Waals surface area contributed by atoms with E-state index in [4.69, 9.17) is 4.74 Å². The molecular formula is C22H24N4O3. The van der Waals surface area contributed by atoms with Crippen molar-refractivity contribution in [3.05, 3.63) is 54.2 Å². The Kier molecular flexibility index (Phi) is 5.57. The molecule has 29 heavy (non-hydrogen) atoms. The Balaban J connectivity index is 1.52. The second-order valence-electron chi connectivity index (χ2n) is 7.02. The Bertz CT molecular complexity index is 1030. The van der Waals surface area contributed by atoms with Crippen LogP contribution in [0.25, 0.3) is 22.0 Å². The molecule has 4 rings (SSSR count). The second-order valence-corrected chi connectivity index (χ2v) is 7.02. The predicted molar refractivity (Wildman–Crippen MR) is 110 cm³/mol. The van der Waals surface area contributed by atoms with Crippen LogP contribution in [0.15, 0.2) is 48.7 Å². The molecule has 0 unspecified atom stereocenters. The number of rotatable bonds is 3. The molecule has 1 aromatic heterocycles. The first kappa shape index (κ1) is 19.1. The molecule has 1 aliphatic heterocycles. The van der Waals surface area contributed by atoms with Crippen LogP contribution >= 0.6 is 0 Å². The monoisotopic (exact) mass is 392 g/mol. The van der Waals surface area contributed by atoms with Crippen molar-refractivity contribution in [2.75, 3.05) is 26.4 Å². The van der Waals surface area contributed by atoms with Crippen LogP contribution in [0.1, 0.15) is 23.7 Å². The molecule has 2 aromatic carbocycles. The van der Waals surface area contributed by atoms with Crippen molar-refractivity contribution in [3.8, 4) is 11.1 Å². The lowest BCUT2D eigenvalue weighted by Crippen LogP contribution is -2.38. The highest BCUT2D eigenvalue weighted by Gasteiger charge is 2.18. The molecule has 0 bridgehead atoms. The maximum Gasteiger partial charge on any atom is 0.255 e. The maximum absolute atomic E-state index is 12.9. The van der Waals surface area contributed by atoms with Crippen LogP contribution in [0.2, 0.25) is 0 Å². The van der Waals surface area contributed by atoms with Gasteiger partial charge in [-0.05, 0) is 36.2 Å². The lowest BCUT2D eigenvalue weighted by Gasteiger charge is -2.21. The van der Waals surface area contributed by atoms with Gasteiger partial charge in [0.2, 0.25) is 5.91 Å². The second kappa shape index (κ2) is 8.45. The summed E-state index contributed by atoms with van der Waals surface area (Å²) in [5.74, 6) is -0.155. The third-order valence-corrected chi connectivity index (χ3v) is 5.12. The van der Waals surface area contributed by atoms with Crippen LogP contribution in [0.4, 0.5) is 0 Å². The summed E-state index contributed by atoms with van der Waals surface area (Å²) < 4.78 is 7.44. The number of ether oxygens (including phenoxy) is 1. The van der Waals surface area contributed by atoms with Gasteiger partial charge in [0, 0.05) is 30.6 Å². The standard InChI is InChI=1S/C22H24N4O3/c1-2-26-20-13-18(7-8-19(20)14-24-26)16-3-5-17(6-4-16)22(28)25-11-10-23-21(27)9-12-29-15-25/h3-8,13-14H,2,9-12,15H2,1H3,(H,23,27). The van der Waals surface area contributed by atoms with E-state index in [-0.39, 0.29) is 18.5 Å². The molecule has 7 nitrogen and oxygen atoms in total. The van der Waals surface area contributed by atoms with Crippen LogP contribution in [0.3, 0.4) is 0 Å². The quantitative estimate of drug-likeness (QED) is 0.744. The maximum atomic E-state index is 12.9. The first-order chi connectivity index (χ1) is 14.2. The van der Waals surface area contributed by atoms with E-state index in [1.807, 2.05) is 35.1 Å². The number of carbonyl (C=O) groups excluding carboxylic acids is 2. The van der Waals surface area contributed by atoms with Crippen molar-refractivity contribution in [2.24, 2.45) is 0 Å². The number of aromatic nitrogens is 2. The van der Waals surface area contributed by atoms with E-state index < -0.39 is 0 Å². The molecule has 0 spiro atoms. The SMILES string of the molecule is CCn1ncc2ccc(-c3ccc(C(=O)N4CCNC(=O)CCOC4)cc3)cc21. The van der Waals surface area contributed by atoms with Gasteiger partial charge in [-0.1, -0.05) is 24.3 Å². The fourth-order valence-electron chi connectivity index (χ4n) is 3.47. The summed E-state index contributed by atoms with van der Waals surface area (Å²) in [5.41, 5.74) is 3.82. The van der Waals surface area contributed by atoms with Gasteiger partial charge in [-0.15, -0.1) is 0 Å². The van der Waals surface area contributed by atoms with Gasteiger partial charge in [0.25, 0.3) is 5.91 Å². The lowest BCUT2D eigenvalue weighted by atomic mass is 10.0. The van der Waals surface area contributed by atoms with Gasteiger partial charge >= 0.3 is 0 Å². The van der Waals surface area contributed by atoms with Crippen molar-refractivity contribution in [1.29, 1.82) is 0 Å². The average molecular weight is 392 g/mol. The van der Waals surface area contributed by atoms with Crippen LogP contribution in [0, 0.1) is 0 Å². The fraction of sp³-hybridized carbons (Fsp3) is 0.318. The number of fused-ring (bicyclic) bond motifs is 1. The van der Waals surface area contributed by atoms with Crippen LogP contribution in [-0.4, -0.2) is 52.9 Å². The third-order valence-electron chi connectivity index (χ3n) is 5.12. The highest BCUT2D eigenvalue weighted by molar-refractivity contribution is 5.95. The number of aryl methyl sites for hydroxylation is 1. The van der Waals surface area contributed by atoms with Crippen LogP contribution in [0.5, 0.6) is 0 Å². The molecule has 1 N–H and O–H groups in total. The van der Waals surface area contributed by atoms with Crippen molar-refractivity contribution in [3.63, 3.8) is 0 Å². The summed E-state index contributed by atoms with van der Waals surface area (Å²) in [6.07, 6.45) is 2.19. The highest BCUT2D eigenvalue weighted by atomic mass is 16.5. The molecule has 0 saturated carbocycles. The zero-order valence-electron chi connectivity index (χ0n) is 16.4. The Morgan fingerprint density at radius 3 is 2.76 bits per heavy atom. The highest BCUT2D eigenvalue weighted by Crippen LogP contribution is 2.25. The van der Waals surface area contributed by atoms with Gasteiger partial charge in [-0.2, -0.15) is 5.10 Å². The molecule has 1 saturated heterocycles. The van der Waals surface area contributed by atoms with Gasteiger partial charge in [0.15, 0.2) is 0 Å². The number of nitrogens with one attached hydrogen (secondary N) is 1. The zero-order chi connectivity index (χ0) is 20.2. The Hall–Kier alpha value is -3.19. The summed E-state index contributed by atoms with van der Waals surface area (Å²) in [4.78, 5) is 26.0. The molecule has 1 fully saturated rings. The number of hydrogen-bond donors (Lipinski definition) is 1. The number of benzene rings is 2. The van der Waals surface area contributed by atoms with E-state index in [2.05, 4.69) is 35.5 Å². The largest absolute Gasteiger partial charge is 0.360 e. The Labute approximate surface area is 169 Å². The predicted octanol–water partition coefficient (Wildman–Crippen LogP) is 2.66. The number of carbonyl (C=O) groups is 2. The number of hydrogen-bond acceptors (Lipinski definition) is 4. The van der Waals surface area contributed by atoms with Crippen molar-refractivity contribution in [1.82, 2.24) is 20.0 Å². The lowest BCUT2D eigenvalue weighted by molar-refractivity contribution is -0.121. The minimum absolute atomic E-state index is 0.0509. The molecule has 0 aliphatic carbocycles. The van der Waals surface area contributed by atoms with Gasteiger partial charge < -0.3 is 15.0 Å². The first-order valence-corrected chi connectivity index (χ1v) is 9.85. The summed E-state index contributed by atoms with van der Waals surface area (Å²) in [6, 6.07) is 13.9. The zero-order valence-corrected chi connectivity index (χ0v) is 16.4. The topological polar surface area (TPSA) is 76.5 Å². The van der Waals surface area contributed by atoms with Gasteiger partial charge in [-0.3, -0.25) is 14.3 Å². The average Bonchev–Trinajstić information content (AvgIpc) is 3.20. The van der Waals surface area contributed by atoms with Gasteiger partial charge in [0.1, 0.15) is 6.73 Å². The molecular weight excluding hydrogens is 368 g/mol. The van der Waals surface area contributed by atoms with Crippen molar-refractivity contribution >= 4 is 22.7 Å². The summed E-state index contributed by atoms with van der Waals surface area (Å²) in [6.45, 7) is 4.24. The Morgan fingerprint density at radius 2 is 1.97 bits per heavy atom. The van der Waals surface area contributed by atoms with E-state index >= 15 is 0 Å². The van der Waals surface area contributed by atoms with Gasteiger partial charge in [0.05, 0.1) is 24.7 Å². The summed E-state index contributed by atoms with van der Waals surface area (Å²) in [5, 5.41) is 8.30. The third kappa shape index (κ3) is 4.14. The molecule has 2 amide bonds. The van der Waals surface area contributed by atoms with Crippen molar-refractivity contribution < 1.29 is 14.3 Å². The number of nitrogens with zero attached hydrogens (tertiary/aromatic N) is 3. The number of amides is 2. The Morgan fingerprint density at radius 1 is 1.17 bits per heavy atom. The molecule has 150 valence electrons. The van der Waals surface area contributed by atoms with Gasteiger partial charge in [-0.25, -0.2) is 0 Å². The fourth-order valence-corrected chi connectivity index (χ4v) is 3.47. The molecule has 0 radical (unpaired) electrons. The van der Waals surface area contributed by atoms with E-state index in [1.54, 1.807) is 4.90 Å². The first-order valence-electron chi connectivity index (χ1n) is 9.85. The van der Waals surface area contributed by atoms with Crippen molar-refractivity contribution in [2.45, 2.75) is 19.9 Å². The molecule has 7 heteroatoms. The normalized spacial score (nSPS) is 15.5. The summed E-state index contributed by atoms with van der Waals surface area (Å²) in [7, 11) is 0. The molecule has 1 aliphatic rings. The van der Waals surface area contributed by atoms with E-state index in [9.17, 15) is 9.59 Å². The van der Waals surface area contributed by atoms with E-state index in [0.29, 0.717) is 31.7 Å². The molecule has 3 aromatic rings. The minimum atomic E-state index is -0.104. The van der Waals surface area contributed by atoms with E-state index in [1.165, 1.54) is 0 Å². The minimum Gasteiger partial charge on any atom is -0.360 e. The van der Waals surface area contributed by atoms with Crippen LogP contribution < -0.4 is 5.32 Å². The van der Waals surface area contributed by atoms with E-state index in [0.717, 1.165) is 28.6 Å².